The summed E-state index contributed by atoms with van der Waals surface area (Å²) in [6, 6.07) is 0. The Bertz CT molecular complexity index is 132. The predicted molar refractivity (Wildman–Crippen MR) is 56.2 cm³/mol. The summed E-state index contributed by atoms with van der Waals surface area (Å²) in [4.78, 5) is 0.0946. The molecular weight excluding hydrogens is 191 g/mol. The zero-order valence-corrected chi connectivity index (χ0v) is 9.51. The van der Waals surface area contributed by atoms with Gasteiger partial charge in [-0.3, -0.25) is 0 Å². The number of hydrogen-bond donors (Lipinski definition) is 0. The Morgan fingerprint density at radius 1 is 0.917 bits per heavy atom. The molecule has 0 spiro atoms. The smallest absolute Gasteiger partial charge is 0.0480 e. The number of alkyl halides is 2. The second-order valence-corrected chi connectivity index (χ2v) is 5.76. The average molecular weight is 209 g/mol. The monoisotopic (exact) mass is 208 g/mol. The maximum Gasteiger partial charge on any atom is 0.0480 e. The third-order valence-corrected chi connectivity index (χ3v) is 3.58. The van der Waals surface area contributed by atoms with Gasteiger partial charge in [-0.1, -0.05) is 26.7 Å². The predicted octanol–water partition coefficient (Wildman–Crippen LogP) is 4.34. The van der Waals surface area contributed by atoms with Gasteiger partial charge in [0.2, 0.25) is 0 Å². The maximum atomic E-state index is 6.34. The van der Waals surface area contributed by atoms with Gasteiger partial charge in [0, 0.05) is 9.75 Å². The fourth-order valence-electron chi connectivity index (χ4n) is 2.33. The van der Waals surface area contributed by atoms with E-state index in [0.717, 1.165) is 25.7 Å². The zero-order valence-electron chi connectivity index (χ0n) is 8.00. The largest absolute Gasteiger partial charge is 0.119 e. The molecule has 0 N–H and O–H groups in total. The zero-order chi connectivity index (χ0) is 9.24. The van der Waals surface area contributed by atoms with Gasteiger partial charge in [0.15, 0.2) is 0 Å². The molecule has 1 saturated carbocycles. The van der Waals surface area contributed by atoms with Crippen molar-refractivity contribution in [2.45, 2.75) is 62.1 Å². The molecule has 0 radical (unpaired) electrons. The van der Waals surface area contributed by atoms with Crippen LogP contribution >= 0.6 is 23.2 Å². The van der Waals surface area contributed by atoms with E-state index in [9.17, 15) is 0 Å². The van der Waals surface area contributed by atoms with Crippen molar-refractivity contribution in [3.05, 3.63) is 0 Å². The Hall–Kier alpha value is 0.580. The summed E-state index contributed by atoms with van der Waals surface area (Å²) >= 11 is 12.7. The third-order valence-electron chi connectivity index (χ3n) is 2.66. The number of rotatable bonds is 4. The van der Waals surface area contributed by atoms with Gasteiger partial charge >= 0.3 is 0 Å². The quantitative estimate of drug-likeness (QED) is 0.604. The molecule has 12 heavy (non-hydrogen) atoms. The highest BCUT2D eigenvalue weighted by Gasteiger charge is 2.51. The van der Waals surface area contributed by atoms with E-state index >= 15 is 0 Å². The Morgan fingerprint density at radius 2 is 1.25 bits per heavy atom. The molecule has 0 unspecified atom stereocenters. The first kappa shape index (κ1) is 10.7. The van der Waals surface area contributed by atoms with E-state index in [0.29, 0.717) is 0 Å². The minimum atomic E-state index is 0.0473. The van der Waals surface area contributed by atoms with Crippen LogP contribution in [0.4, 0.5) is 0 Å². The Balaban J connectivity index is 2.34. The molecule has 72 valence electrons. The molecule has 1 rings (SSSR count). The van der Waals surface area contributed by atoms with E-state index < -0.39 is 0 Å². The van der Waals surface area contributed by atoms with Gasteiger partial charge < -0.3 is 0 Å². The van der Waals surface area contributed by atoms with Crippen LogP contribution in [-0.4, -0.2) is 9.75 Å². The molecule has 0 atom stereocenters. The van der Waals surface area contributed by atoms with Crippen molar-refractivity contribution in [3.63, 3.8) is 0 Å². The Morgan fingerprint density at radius 3 is 1.50 bits per heavy atom. The normalized spacial score (nSPS) is 41.0. The van der Waals surface area contributed by atoms with Crippen molar-refractivity contribution in [1.29, 1.82) is 0 Å². The third kappa shape index (κ3) is 2.29. The van der Waals surface area contributed by atoms with Crippen LogP contribution in [0.2, 0.25) is 0 Å². The van der Waals surface area contributed by atoms with Crippen LogP contribution < -0.4 is 0 Å². The van der Waals surface area contributed by atoms with Crippen molar-refractivity contribution >= 4 is 23.2 Å². The standard InChI is InChI=1S/C10H18Cl2/c1-3-5-9(11)7-10(12,8-9)6-4-2/h3-8H2,1-2H3. The van der Waals surface area contributed by atoms with E-state index in [4.69, 9.17) is 23.2 Å². The first-order valence-corrected chi connectivity index (χ1v) is 5.67. The minimum Gasteiger partial charge on any atom is -0.119 e. The molecule has 0 aromatic heterocycles. The van der Waals surface area contributed by atoms with Crippen LogP contribution in [0.15, 0.2) is 0 Å². The molecule has 0 aliphatic heterocycles. The lowest BCUT2D eigenvalue weighted by Crippen LogP contribution is -2.49. The molecule has 2 heteroatoms. The van der Waals surface area contributed by atoms with Crippen molar-refractivity contribution in [3.8, 4) is 0 Å². The van der Waals surface area contributed by atoms with Crippen LogP contribution in [0.1, 0.15) is 52.4 Å². The first-order chi connectivity index (χ1) is 5.54. The van der Waals surface area contributed by atoms with Gasteiger partial charge in [-0.2, -0.15) is 0 Å². The van der Waals surface area contributed by atoms with Gasteiger partial charge in [-0.05, 0) is 25.7 Å². The summed E-state index contributed by atoms with van der Waals surface area (Å²) in [5, 5.41) is 0. The van der Waals surface area contributed by atoms with Gasteiger partial charge in [-0.15, -0.1) is 23.2 Å². The molecule has 1 fully saturated rings. The van der Waals surface area contributed by atoms with Crippen LogP contribution in [-0.2, 0) is 0 Å². The summed E-state index contributed by atoms with van der Waals surface area (Å²) in [5.41, 5.74) is 0. The minimum absolute atomic E-state index is 0.0473. The van der Waals surface area contributed by atoms with E-state index in [1.165, 1.54) is 12.8 Å². The maximum absolute atomic E-state index is 6.34. The van der Waals surface area contributed by atoms with Gasteiger partial charge in [0.1, 0.15) is 0 Å². The van der Waals surface area contributed by atoms with Gasteiger partial charge in [0.05, 0.1) is 0 Å². The Kier molecular flexibility index (Phi) is 3.34. The highest BCUT2D eigenvalue weighted by atomic mass is 35.5. The van der Waals surface area contributed by atoms with Crippen LogP contribution in [0.3, 0.4) is 0 Å². The lowest BCUT2D eigenvalue weighted by atomic mass is 9.69. The van der Waals surface area contributed by atoms with E-state index in [1.54, 1.807) is 0 Å². The van der Waals surface area contributed by atoms with E-state index in [2.05, 4.69) is 13.8 Å². The number of hydrogen-bond acceptors (Lipinski definition) is 0. The second-order valence-electron chi connectivity index (χ2n) is 4.16. The second kappa shape index (κ2) is 3.75. The lowest BCUT2D eigenvalue weighted by Gasteiger charge is -2.49. The topological polar surface area (TPSA) is 0 Å². The molecule has 0 aromatic carbocycles. The molecule has 0 bridgehead atoms. The highest BCUT2D eigenvalue weighted by molar-refractivity contribution is 6.30. The summed E-state index contributed by atoms with van der Waals surface area (Å²) in [6.07, 6.45) is 6.58. The molecule has 0 aromatic rings. The molecule has 0 saturated heterocycles. The number of halogens is 2. The Labute approximate surface area is 85.6 Å². The van der Waals surface area contributed by atoms with Crippen LogP contribution in [0.25, 0.3) is 0 Å². The molecule has 1 aliphatic carbocycles. The fraction of sp³-hybridized carbons (Fsp3) is 1.00. The molecule has 0 heterocycles. The van der Waals surface area contributed by atoms with Crippen molar-refractivity contribution < 1.29 is 0 Å². The summed E-state index contributed by atoms with van der Waals surface area (Å²) in [6.45, 7) is 4.36. The van der Waals surface area contributed by atoms with Crippen LogP contribution in [0.5, 0.6) is 0 Å². The first-order valence-electron chi connectivity index (χ1n) is 4.91. The van der Waals surface area contributed by atoms with Crippen molar-refractivity contribution in [2.24, 2.45) is 0 Å². The van der Waals surface area contributed by atoms with Crippen molar-refractivity contribution in [1.82, 2.24) is 0 Å². The molecule has 1 aliphatic rings. The SMILES string of the molecule is CCCC1(Cl)CC(Cl)(CCC)C1. The summed E-state index contributed by atoms with van der Waals surface area (Å²) in [5.74, 6) is 0. The molecule has 0 amide bonds. The van der Waals surface area contributed by atoms with Gasteiger partial charge in [0.25, 0.3) is 0 Å². The average Bonchev–Trinajstić information content (AvgIpc) is 1.84. The lowest BCUT2D eigenvalue weighted by molar-refractivity contribution is 0.225. The van der Waals surface area contributed by atoms with Crippen LogP contribution in [0, 0.1) is 0 Å². The summed E-state index contributed by atoms with van der Waals surface area (Å²) in [7, 11) is 0. The highest BCUT2D eigenvalue weighted by Crippen LogP contribution is 2.54. The molecular formula is C10H18Cl2. The summed E-state index contributed by atoms with van der Waals surface area (Å²) < 4.78 is 0. The fourth-order valence-corrected chi connectivity index (χ4v) is 3.87. The van der Waals surface area contributed by atoms with E-state index in [1.807, 2.05) is 0 Å². The van der Waals surface area contributed by atoms with Crippen molar-refractivity contribution in [2.75, 3.05) is 0 Å². The van der Waals surface area contributed by atoms with Gasteiger partial charge in [-0.25, -0.2) is 0 Å². The van der Waals surface area contributed by atoms with E-state index in [-0.39, 0.29) is 9.75 Å². The molecule has 0 nitrogen and oxygen atoms in total.